The summed E-state index contributed by atoms with van der Waals surface area (Å²) in [6.07, 6.45) is 0. The van der Waals surface area contributed by atoms with Crippen molar-refractivity contribution in [2.24, 2.45) is 5.92 Å². The lowest BCUT2D eigenvalue weighted by Crippen LogP contribution is -2.54. The Kier molecular flexibility index (Phi) is 5.91. The first-order valence-electron chi connectivity index (χ1n) is 5.62. The molecule has 106 valence electrons. The number of rotatable bonds is 7. The van der Waals surface area contributed by atoms with Crippen LogP contribution in [0, 0.1) is 5.92 Å². The molecule has 2 N–H and O–H groups in total. The largest absolute Gasteiger partial charge is 0.462 e. The first-order chi connectivity index (χ1) is 7.93. The van der Waals surface area contributed by atoms with E-state index in [2.05, 4.69) is 6.58 Å². The lowest BCUT2D eigenvalue weighted by atomic mass is 10.2. The molecule has 0 aliphatic heterocycles. The molecule has 7 nitrogen and oxygen atoms in total. The summed E-state index contributed by atoms with van der Waals surface area (Å²) in [5, 5.41) is 19.2. The molecule has 0 aliphatic rings. The van der Waals surface area contributed by atoms with Gasteiger partial charge in [-0.05, 0) is 6.92 Å². The van der Waals surface area contributed by atoms with E-state index in [1.807, 2.05) is 0 Å². The smallest absolute Gasteiger partial charge is 0.333 e. The fourth-order valence-corrected chi connectivity index (χ4v) is 1.23. The van der Waals surface area contributed by atoms with Crippen LogP contribution in [0.3, 0.4) is 0 Å². The number of nitrogens with zero attached hydrogens (tertiary/aromatic N) is 2. The SMILES string of the molecule is C=C(C)C(=O)OCC(C)C[N+](O)(O)O[N+](C)(C)C. The topological polar surface area (TPSA) is 76.0 Å². The summed E-state index contributed by atoms with van der Waals surface area (Å²) in [6.45, 7) is 6.65. The van der Waals surface area contributed by atoms with E-state index in [1.54, 1.807) is 35.0 Å². The van der Waals surface area contributed by atoms with Gasteiger partial charge in [0, 0.05) is 11.5 Å². The van der Waals surface area contributed by atoms with E-state index in [-0.39, 0.29) is 23.7 Å². The molecule has 0 saturated carbocycles. The number of ether oxygens (including phenoxy) is 1. The van der Waals surface area contributed by atoms with E-state index in [9.17, 15) is 15.2 Å². The second-order valence-electron chi connectivity index (χ2n) is 5.30. The summed E-state index contributed by atoms with van der Waals surface area (Å²) >= 11 is 0. The molecule has 0 aromatic heterocycles. The Morgan fingerprint density at radius 3 is 2.22 bits per heavy atom. The molecule has 0 fully saturated rings. The normalized spacial score (nSPS) is 14.2. The molecule has 0 heterocycles. The van der Waals surface area contributed by atoms with Crippen LogP contribution in [0.5, 0.6) is 0 Å². The molecule has 0 spiro atoms. The summed E-state index contributed by atoms with van der Waals surface area (Å²) < 4.78 is 4.83. The highest BCUT2D eigenvalue weighted by molar-refractivity contribution is 5.86. The van der Waals surface area contributed by atoms with Crippen molar-refractivity contribution in [3.63, 3.8) is 0 Å². The van der Waals surface area contributed by atoms with Crippen LogP contribution in [0.25, 0.3) is 0 Å². The van der Waals surface area contributed by atoms with Gasteiger partial charge >= 0.3 is 5.97 Å². The van der Waals surface area contributed by atoms with Crippen LogP contribution in [-0.4, -0.2) is 60.3 Å². The number of hydroxylamine groups is 6. The molecule has 0 bridgehead atoms. The standard InChI is InChI=1S/C11H24N2O5/c1-9(2)11(14)17-8-10(3)7-13(15,16)18-12(4,5)6/h10,15-16H,1,7-8H2,2-6H3/q+2. The number of carbonyl (C=O) groups is 1. The second kappa shape index (κ2) is 6.26. The van der Waals surface area contributed by atoms with Crippen LogP contribution < -0.4 is 0 Å². The fourth-order valence-electron chi connectivity index (χ4n) is 1.23. The zero-order valence-corrected chi connectivity index (χ0v) is 11.7. The molecule has 0 aliphatic carbocycles. The number of hydrogen-bond donors (Lipinski definition) is 2. The third kappa shape index (κ3) is 8.15. The monoisotopic (exact) mass is 264 g/mol. The maximum atomic E-state index is 11.2. The average molecular weight is 264 g/mol. The molecule has 0 radical (unpaired) electrons. The van der Waals surface area contributed by atoms with Gasteiger partial charge in [0.15, 0.2) is 6.54 Å². The Morgan fingerprint density at radius 1 is 1.33 bits per heavy atom. The summed E-state index contributed by atoms with van der Waals surface area (Å²) in [4.78, 5) is 14.5. The first-order valence-corrected chi connectivity index (χ1v) is 5.62. The Bertz CT molecular complexity index is 309. The summed E-state index contributed by atoms with van der Waals surface area (Å²) in [6, 6.07) is 0. The van der Waals surface area contributed by atoms with Gasteiger partial charge in [0.1, 0.15) is 26.1 Å². The molecule has 0 saturated heterocycles. The summed E-state index contributed by atoms with van der Waals surface area (Å²) in [7, 11) is 4.93. The van der Waals surface area contributed by atoms with Crippen LogP contribution in [0.1, 0.15) is 13.8 Å². The van der Waals surface area contributed by atoms with Crippen LogP contribution in [0.15, 0.2) is 12.2 Å². The van der Waals surface area contributed by atoms with Crippen molar-refractivity contribution in [3.8, 4) is 0 Å². The zero-order valence-electron chi connectivity index (χ0n) is 11.7. The Hall–Kier alpha value is -0.990. The Balaban J connectivity index is 4.18. The maximum absolute atomic E-state index is 11.2. The predicted molar refractivity (Wildman–Crippen MR) is 62.8 cm³/mol. The zero-order chi connectivity index (χ0) is 14.6. The molecule has 0 aromatic rings. The van der Waals surface area contributed by atoms with Crippen LogP contribution in [0.2, 0.25) is 0 Å². The minimum Gasteiger partial charge on any atom is -0.462 e. The van der Waals surface area contributed by atoms with Gasteiger partial charge in [-0.1, -0.05) is 13.5 Å². The van der Waals surface area contributed by atoms with E-state index >= 15 is 0 Å². The lowest BCUT2D eigenvalue weighted by Gasteiger charge is -2.26. The molecule has 0 aromatic carbocycles. The van der Waals surface area contributed by atoms with E-state index in [0.717, 1.165) is 0 Å². The lowest BCUT2D eigenvalue weighted by molar-refractivity contribution is -1.48. The highest BCUT2D eigenvalue weighted by atomic mass is 17.2. The van der Waals surface area contributed by atoms with Gasteiger partial charge in [-0.25, -0.2) is 4.79 Å². The van der Waals surface area contributed by atoms with Crippen molar-refractivity contribution in [2.75, 3.05) is 34.3 Å². The molecule has 7 heteroatoms. The molecule has 0 amide bonds. The van der Waals surface area contributed by atoms with Gasteiger partial charge in [-0.2, -0.15) is 0 Å². The fraction of sp³-hybridized carbons (Fsp3) is 0.727. The van der Waals surface area contributed by atoms with Gasteiger partial charge < -0.3 is 4.74 Å². The Labute approximate surface area is 107 Å². The molecule has 18 heavy (non-hydrogen) atoms. The number of esters is 1. The summed E-state index contributed by atoms with van der Waals surface area (Å²) in [5.41, 5.74) is 0.304. The van der Waals surface area contributed by atoms with Gasteiger partial charge in [-0.15, -0.1) is 15.1 Å². The predicted octanol–water partition coefficient (Wildman–Crippen LogP) is 0.890. The van der Waals surface area contributed by atoms with Gasteiger partial charge in [0.25, 0.3) is 0 Å². The number of hydrogen-bond acceptors (Lipinski definition) is 5. The van der Waals surface area contributed by atoms with Crippen LogP contribution in [0.4, 0.5) is 0 Å². The van der Waals surface area contributed by atoms with Gasteiger partial charge in [0.05, 0.1) is 11.5 Å². The minimum atomic E-state index is -1.59. The molecule has 1 unspecified atom stereocenters. The minimum absolute atomic E-state index is 0.0628. The molecular formula is C11H24N2O5+2. The van der Waals surface area contributed by atoms with Crippen molar-refractivity contribution < 1.29 is 34.5 Å². The third-order valence-corrected chi connectivity index (χ3v) is 1.77. The van der Waals surface area contributed by atoms with Crippen molar-refractivity contribution in [3.05, 3.63) is 12.2 Å². The second-order valence-corrected chi connectivity index (χ2v) is 5.30. The average Bonchev–Trinajstić information content (AvgIpc) is 2.08. The Morgan fingerprint density at radius 2 is 1.83 bits per heavy atom. The first kappa shape index (κ1) is 17.0. The third-order valence-electron chi connectivity index (χ3n) is 1.77. The number of carbonyl (C=O) groups excluding carboxylic acids is 1. The van der Waals surface area contributed by atoms with Gasteiger partial charge in [-0.3, -0.25) is 0 Å². The molecule has 0 rings (SSSR count). The molecule has 1 atom stereocenters. The quantitative estimate of drug-likeness (QED) is 0.309. The highest BCUT2D eigenvalue weighted by Crippen LogP contribution is 2.10. The van der Waals surface area contributed by atoms with Crippen LogP contribution >= 0.6 is 0 Å². The van der Waals surface area contributed by atoms with Crippen molar-refractivity contribution in [1.82, 2.24) is 0 Å². The van der Waals surface area contributed by atoms with E-state index < -0.39 is 10.9 Å². The van der Waals surface area contributed by atoms with E-state index in [4.69, 9.17) is 9.68 Å². The van der Waals surface area contributed by atoms with E-state index in [1.165, 1.54) is 0 Å². The van der Waals surface area contributed by atoms with Crippen molar-refractivity contribution in [2.45, 2.75) is 13.8 Å². The maximum Gasteiger partial charge on any atom is 0.333 e. The number of quaternary nitrogens is 2. The van der Waals surface area contributed by atoms with Crippen molar-refractivity contribution >= 4 is 5.97 Å². The van der Waals surface area contributed by atoms with Gasteiger partial charge in [0.2, 0.25) is 0 Å². The highest BCUT2D eigenvalue weighted by Gasteiger charge is 2.36. The van der Waals surface area contributed by atoms with Crippen molar-refractivity contribution in [1.29, 1.82) is 0 Å². The molecular weight excluding hydrogens is 240 g/mol. The van der Waals surface area contributed by atoms with Crippen LogP contribution in [-0.2, 0) is 14.5 Å². The van der Waals surface area contributed by atoms with E-state index in [0.29, 0.717) is 5.57 Å². The summed E-state index contributed by atoms with van der Waals surface area (Å²) in [5.74, 6) is -0.779.